The molecule has 2 N–H and O–H groups in total. The van der Waals surface area contributed by atoms with E-state index in [1.54, 1.807) is 0 Å². The first kappa shape index (κ1) is 27.2. The molecule has 6 heteroatoms. The molecule has 0 aromatic heterocycles. The molecule has 0 heterocycles. The molecule has 0 aliphatic heterocycles. The van der Waals surface area contributed by atoms with E-state index in [0.717, 1.165) is 56.9 Å². The maximum absolute atomic E-state index is 11.4. The van der Waals surface area contributed by atoms with Crippen molar-refractivity contribution in [2.24, 2.45) is 5.92 Å². The summed E-state index contributed by atoms with van der Waals surface area (Å²) >= 11 is 13.4. The van der Waals surface area contributed by atoms with Gasteiger partial charge in [-0.05, 0) is 49.1 Å². The van der Waals surface area contributed by atoms with Crippen molar-refractivity contribution in [2.75, 3.05) is 13.2 Å². The summed E-state index contributed by atoms with van der Waals surface area (Å²) in [5, 5.41) is 19.1. The standard InChI is InChI=1S/C26H38Cl2O4/c1-2-3-6-10-24(30)19-12-14-20(15-13-19)26-21(22(27)18-23(26)28)9-7-4-5-8-11-25(31)32-17-16-29/h4,7,12-15,21-24,26,29-30H,2-3,5-6,8-11,16-18H2,1H3/b7-4-/t21-,22?,23+,24?,26?/m0/s1. The van der Waals surface area contributed by atoms with E-state index in [1.807, 2.05) is 12.1 Å². The van der Waals surface area contributed by atoms with Gasteiger partial charge < -0.3 is 14.9 Å². The fourth-order valence-corrected chi connectivity index (χ4v) is 5.51. The topological polar surface area (TPSA) is 66.8 Å². The van der Waals surface area contributed by atoms with Crippen LogP contribution < -0.4 is 0 Å². The predicted octanol–water partition coefficient (Wildman–Crippen LogP) is 6.27. The molecule has 1 aliphatic carbocycles. The minimum atomic E-state index is -0.411. The quantitative estimate of drug-likeness (QED) is 0.141. The van der Waals surface area contributed by atoms with Crippen molar-refractivity contribution in [3.63, 3.8) is 0 Å². The number of benzene rings is 1. The lowest BCUT2D eigenvalue weighted by Gasteiger charge is -2.23. The lowest BCUT2D eigenvalue weighted by molar-refractivity contribution is -0.144. The molecule has 1 aliphatic rings. The van der Waals surface area contributed by atoms with Crippen LogP contribution in [0.4, 0.5) is 0 Å². The molecule has 0 amide bonds. The summed E-state index contributed by atoms with van der Waals surface area (Å²) in [6.07, 6.45) is 11.5. The van der Waals surface area contributed by atoms with Crippen molar-refractivity contribution in [2.45, 2.75) is 87.5 Å². The Kier molecular flexibility index (Phi) is 12.7. The largest absolute Gasteiger partial charge is 0.463 e. The maximum Gasteiger partial charge on any atom is 0.305 e. The number of alkyl halides is 2. The number of aliphatic hydroxyl groups excluding tert-OH is 2. The number of ether oxygens (including phenoxy) is 1. The molecule has 1 aromatic carbocycles. The third-order valence-corrected chi connectivity index (χ3v) is 7.19. The summed E-state index contributed by atoms with van der Waals surface area (Å²) in [5.41, 5.74) is 2.15. The SMILES string of the molecule is CCCCCC(O)c1ccc(C2[C@@H](C/C=C\CCCC(=O)OCCO)C(Cl)C[C@H]2Cl)cc1. The Morgan fingerprint density at radius 2 is 1.91 bits per heavy atom. The molecule has 0 bridgehead atoms. The number of halogens is 2. The smallest absolute Gasteiger partial charge is 0.305 e. The highest BCUT2D eigenvalue weighted by Gasteiger charge is 2.41. The normalized spacial score (nSPS) is 24.2. The number of allylic oxidation sites excluding steroid dienone is 2. The first-order chi connectivity index (χ1) is 15.5. The zero-order valence-electron chi connectivity index (χ0n) is 19.1. The molecule has 2 rings (SSSR count). The molecular weight excluding hydrogens is 447 g/mol. The number of esters is 1. The molecule has 3 unspecified atom stereocenters. The van der Waals surface area contributed by atoms with Gasteiger partial charge in [0.25, 0.3) is 0 Å². The summed E-state index contributed by atoms with van der Waals surface area (Å²) in [6.45, 7) is 2.09. The van der Waals surface area contributed by atoms with E-state index >= 15 is 0 Å². The van der Waals surface area contributed by atoms with E-state index in [1.165, 1.54) is 5.56 Å². The van der Waals surface area contributed by atoms with Gasteiger partial charge in [0, 0.05) is 23.1 Å². The van der Waals surface area contributed by atoms with Crippen molar-refractivity contribution in [1.82, 2.24) is 0 Å². The molecule has 4 nitrogen and oxygen atoms in total. The second-order valence-corrected chi connectivity index (χ2v) is 9.80. The first-order valence-corrected chi connectivity index (χ1v) is 12.8. The van der Waals surface area contributed by atoms with Gasteiger partial charge in [0.15, 0.2) is 0 Å². The molecule has 32 heavy (non-hydrogen) atoms. The van der Waals surface area contributed by atoms with E-state index in [0.29, 0.717) is 6.42 Å². The molecule has 180 valence electrons. The highest BCUT2D eigenvalue weighted by Crippen LogP contribution is 2.47. The van der Waals surface area contributed by atoms with Crippen LogP contribution >= 0.6 is 23.2 Å². The van der Waals surface area contributed by atoms with Crippen LogP contribution in [0, 0.1) is 5.92 Å². The van der Waals surface area contributed by atoms with Crippen LogP contribution in [0.3, 0.4) is 0 Å². The zero-order chi connectivity index (χ0) is 23.3. The van der Waals surface area contributed by atoms with Crippen molar-refractivity contribution < 1.29 is 19.7 Å². The van der Waals surface area contributed by atoms with Gasteiger partial charge in [0.1, 0.15) is 6.61 Å². The Morgan fingerprint density at radius 1 is 1.16 bits per heavy atom. The van der Waals surface area contributed by atoms with Gasteiger partial charge >= 0.3 is 5.97 Å². The van der Waals surface area contributed by atoms with Gasteiger partial charge in [-0.3, -0.25) is 4.79 Å². The van der Waals surface area contributed by atoms with Crippen molar-refractivity contribution in [1.29, 1.82) is 0 Å². The molecule has 1 aromatic rings. The van der Waals surface area contributed by atoms with Crippen LogP contribution in [0.1, 0.15) is 87.9 Å². The highest BCUT2D eigenvalue weighted by molar-refractivity contribution is 6.25. The molecule has 0 saturated heterocycles. The van der Waals surface area contributed by atoms with Crippen LogP contribution in [-0.2, 0) is 9.53 Å². The third-order valence-electron chi connectivity index (χ3n) is 6.23. The monoisotopic (exact) mass is 484 g/mol. The number of hydrogen-bond donors (Lipinski definition) is 2. The van der Waals surface area contributed by atoms with Crippen LogP contribution in [0.25, 0.3) is 0 Å². The summed E-state index contributed by atoms with van der Waals surface area (Å²) < 4.78 is 4.85. The molecule has 0 spiro atoms. The van der Waals surface area contributed by atoms with Crippen molar-refractivity contribution in [3.05, 3.63) is 47.5 Å². The Hall–Kier alpha value is -1.07. The van der Waals surface area contributed by atoms with Gasteiger partial charge in [-0.15, -0.1) is 23.2 Å². The Labute approximate surface area is 203 Å². The second-order valence-electron chi connectivity index (χ2n) is 8.68. The van der Waals surface area contributed by atoms with Crippen molar-refractivity contribution >= 4 is 29.2 Å². The molecule has 1 fully saturated rings. The minimum absolute atomic E-state index is 0.00229. The maximum atomic E-state index is 11.4. The second kappa shape index (κ2) is 15.0. The summed E-state index contributed by atoms with van der Waals surface area (Å²) in [7, 11) is 0. The molecule has 0 radical (unpaired) electrons. The van der Waals surface area contributed by atoms with Crippen molar-refractivity contribution in [3.8, 4) is 0 Å². The van der Waals surface area contributed by atoms with Gasteiger partial charge in [-0.1, -0.05) is 62.6 Å². The first-order valence-electron chi connectivity index (χ1n) is 11.9. The van der Waals surface area contributed by atoms with Crippen LogP contribution in [0.2, 0.25) is 0 Å². The third kappa shape index (κ3) is 8.70. The number of carbonyl (C=O) groups excluding carboxylic acids is 1. The lowest BCUT2D eigenvalue weighted by atomic mass is 9.85. The average molecular weight is 485 g/mol. The van der Waals surface area contributed by atoms with Gasteiger partial charge in [0.05, 0.1) is 12.7 Å². The predicted molar refractivity (Wildman–Crippen MR) is 131 cm³/mol. The number of rotatable bonds is 14. The van der Waals surface area contributed by atoms with Gasteiger partial charge in [0.2, 0.25) is 0 Å². The van der Waals surface area contributed by atoms with Gasteiger partial charge in [-0.2, -0.15) is 0 Å². The van der Waals surface area contributed by atoms with E-state index in [9.17, 15) is 9.90 Å². The Balaban J connectivity index is 1.88. The Bertz CT molecular complexity index is 692. The highest BCUT2D eigenvalue weighted by atomic mass is 35.5. The van der Waals surface area contributed by atoms with Crippen LogP contribution in [0.5, 0.6) is 0 Å². The van der Waals surface area contributed by atoms with E-state index < -0.39 is 6.10 Å². The lowest BCUT2D eigenvalue weighted by Crippen LogP contribution is -2.16. The number of aliphatic hydroxyl groups is 2. The summed E-state index contributed by atoms with van der Waals surface area (Å²) in [5.74, 6) is 0.168. The van der Waals surface area contributed by atoms with E-state index in [-0.39, 0.29) is 41.8 Å². The fourth-order valence-electron chi connectivity index (χ4n) is 4.44. The van der Waals surface area contributed by atoms with Crippen LogP contribution in [0.15, 0.2) is 36.4 Å². The minimum Gasteiger partial charge on any atom is -0.463 e. The molecular formula is C26H38Cl2O4. The summed E-state index contributed by atoms with van der Waals surface area (Å²) in [6, 6.07) is 8.25. The molecule has 1 saturated carbocycles. The van der Waals surface area contributed by atoms with Gasteiger partial charge in [-0.25, -0.2) is 0 Å². The van der Waals surface area contributed by atoms with E-state index in [4.69, 9.17) is 33.0 Å². The zero-order valence-corrected chi connectivity index (χ0v) is 20.6. The average Bonchev–Trinajstić information content (AvgIpc) is 3.07. The molecule has 5 atom stereocenters. The van der Waals surface area contributed by atoms with E-state index in [2.05, 4.69) is 31.2 Å². The number of hydrogen-bond acceptors (Lipinski definition) is 4. The number of unbranched alkanes of at least 4 members (excludes halogenated alkanes) is 3. The number of carbonyl (C=O) groups is 1. The Morgan fingerprint density at radius 3 is 2.59 bits per heavy atom. The fraction of sp³-hybridized carbons (Fsp3) is 0.654. The summed E-state index contributed by atoms with van der Waals surface area (Å²) in [4.78, 5) is 11.4. The van der Waals surface area contributed by atoms with Crippen LogP contribution in [-0.4, -0.2) is 40.2 Å².